The number of rotatable bonds is 3. The summed E-state index contributed by atoms with van der Waals surface area (Å²) in [6.07, 6.45) is 27.2. The molecule has 0 nitrogen and oxygen atoms in total. The van der Waals surface area contributed by atoms with Crippen LogP contribution in [0.3, 0.4) is 0 Å². The molecule has 0 saturated heterocycles. The second-order valence-electron chi connectivity index (χ2n) is 11.8. The minimum atomic E-state index is 0.728. The van der Waals surface area contributed by atoms with E-state index in [9.17, 15) is 0 Å². The molecule has 0 aromatic heterocycles. The molecular weight excluding hydrogens is 480 g/mol. The SMILES string of the molecule is C1=CCC2CCC(C3=CC=C(c4c5ccccc5c(-c5cccc6c5=CCCC=6)c5ccccc45)CC3)=CC2=C1. The van der Waals surface area contributed by atoms with Crippen LogP contribution in [0.4, 0.5) is 0 Å². The molecule has 4 aromatic carbocycles. The zero-order valence-electron chi connectivity index (χ0n) is 23.0. The van der Waals surface area contributed by atoms with Crippen molar-refractivity contribution in [3.63, 3.8) is 0 Å². The first-order chi connectivity index (χ1) is 19.8. The number of allylic oxidation sites excluding steroid dienone is 10. The van der Waals surface area contributed by atoms with E-state index in [4.69, 9.17) is 0 Å². The van der Waals surface area contributed by atoms with Gasteiger partial charge in [-0.25, -0.2) is 0 Å². The predicted octanol–water partition coefficient (Wildman–Crippen LogP) is 9.34. The van der Waals surface area contributed by atoms with Crippen molar-refractivity contribution in [2.24, 2.45) is 5.92 Å². The van der Waals surface area contributed by atoms with Gasteiger partial charge in [-0.1, -0.05) is 115 Å². The Kier molecular flexibility index (Phi) is 5.80. The maximum absolute atomic E-state index is 2.50. The lowest BCUT2D eigenvalue weighted by molar-refractivity contribution is 0.554. The summed E-state index contributed by atoms with van der Waals surface area (Å²) < 4.78 is 0. The van der Waals surface area contributed by atoms with Crippen LogP contribution in [0.15, 0.2) is 120 Å². The standard InChI is InChI=1S/C40H34/c1-2-12-31-26-32(25-22-27(31)10-1)28-20-23-30(24-21-28)39-35-15-5-7-17-37(35)40(38-18-8-6-16-36(38)39)34-19-9-13-29-11-3-4-14-33(29)34/h1-2,5-9,11-20,23,26-27H,3-4,10,21-22,24-25H2. The average molecular weight is 515 g/mol. The average Bonchev–Trinajstić information content (AvgIpc) is 3.03. The Balaban J connectivity index is 1.32. The first-order valence-electron chi connectivity index (χ1n) is 15.1. The number of hydrogen-bond acceptors (Lipinski definition) is 0. The molecule has 0 N–H and O–H groups in total. The molecule has 4 aliphatic carbocycles. The van der Waals surface area contributed by atoms with Crippen molar-refractivity contribution in [3.8, 4) is 11.1 Å². The van der Waals surface area contributed by atoms with Crippen LogP contribution in [0.25, 0.3) is 50.4 Å². The zero-order valence-corrected chi connectivity index (χ0v) is 23.0. The van der Waals surface area contributed by atoms with Gasteiger partial charge in [-0.2, -0.15) is 0 Å². The Labute approximate surface area is 236 Å². The molecule has 0 heteroatoms. The summed E-state index contributed by atoms with van der Waals surface area (Å²) in [5.74, 6) is 0.728. The smallest absolute Gasteiger partial charge is 0.00203 e. The van der Waals surface area contributed by atoms with Gasteiger partial charge in [-0.3, -0.25) is 0 Å². The highest BCUT2D eigenvalue weighted by Crippen LogP contribution is 2.44. The first-order valence-corrected chi connectivity index (χ1v) is 15.1. The van der Waals surface area contributed by atoms with Gasteiger partial charge in [0.25, 0.3) is 0 Å². The molecule has 4 aliphatic rings. The summed E-state index contributed by atoms with van der Waals surface area (Å²) in [7, 11) is 0. The van der Waals surface area contributed by atoms with Crippen LogP contribution in [0, 0.1) is 5.92 Å². The Bertz CT molecular complexity index is 1910. The Hall–Kier alpha value is -4.16. The monoisotopic (exact) mass is 514 g/mol. The van der Waals surface area contributed by atoms with E-state index in [1.165, 1.54) is 84.7 Å². The molecule has 0 radical (unpaired) electrons. The number of fused-ring (bicyclic) bond motifs is 4. The lowest BCUT2D eigenvalue weighted by Gasteiger charge is -2.28. The summed E-state index contributed by atoms with van der Waals surface area (Å²) in [5, 5.41) is 8.23. The molecule has 0 spiro atoms. The zero-order chi connectivity index (χ0) is 26.5. The van der Waals surface area contributed by atoms with E-state index in [0.29, 0.717) is 0 Å². The maximum atomic E-state index is 2.50. The summed E-state index contributed by atoms with van der Waals surface area (Å²) in [5.41, 5.74) is 10.2. The van der Waals surface area contributed by atoms with Gasteiger partial charge >= 0.3 is 0 Å². The van der Waals surface area contributed by atoms with Crippen molar-refractivity contribution in [1.82, 2.24) is 0 Å². The quantitative estimate of drug-likeness (QED) is 0.239. The van der Waals surface area contributed by atoms with Gasteiger partial charge in [0.15, 0.2) is 0 Å². The van der Waals surface area contributed by atoms with Crippen molar-refractivity contribution in [3.05, 3.63) is 136 Å². The van der Waals surface area contributed by atoms with E-state index in [2.05, 4.69) is 115 Å². The second-order valence-corrected chi connectivity index (χ2v) is 11.8. The van der Waals surface area contributed by atoms with Gasteiger partial charge in [0.05, 0.1) is 0 Å². The molecule has 1 atom stereocenters. The van der Waals surface area contributed by atoms with Gasteiger partial charge < -0.3 is 0 Å². The lowest BCUT2D eigenvalue weighted by Crippen LogP contribution is -2.28. The largest absolute Gasteiger partial charge is 0.0839 e. The molecule has 0 heterocycles. The predicted molar refractivity (Wildman–Crippen MR) is 172 cm³/mol. The molecule has 0 amide bonds. The van der Waals surface area contributed by atoms with Crippen LogP contribution in [0.5, 0.6) is 0 Å². The van der Waals surface area contributed by atoms with E-state index < -0.39 is 0 Å². The molecule has 0 bridgehead atoms. The van der Waals surface area contributed by atoms with Gasteiger partial charge in [0.1, 0.15) is 0 Å². The van der Waals surface area contributed by atoms with E-state index in [1.54, 1.807) is 5.57 Å². The van der Waals surface area contributed by atoms with Crippen LogP contribution >= 0.6 is 0 Å². The van der Waals surface area contributed by atoms with Crippen LogP contribution < -0.4 is 10.4 Å². The molecular formula is C40H34. The van der Waals surface area contributed by atoms with Gasteiger partial charge in [-0.05, 0) is 122 Å². The van der Waals surface area contributed by atoms with Crippen molar-refractivity contribution in [2.45, 2.75) is 44.9 Å². The second kappa shape index (κ2) is 9.79. The Morgan fingerprint density at radius 2 is 1.27 bits per heavy atom. The van der Waals surface area contributed by atoms with Crippen LogP contribution in [0.1, 0.15) is 50.5 Å². The number of hydrogen-bond donors (Lipinski definition) is 0. The normalized spacial score (nSPS) is 19.9. The van der Waals surface area contributed by atoms with Crippen LogP contribution in [-0.2, 0) is 0 Å². The number of benzene rings is 4. The van der Waals surface area contributed by atoms with E-state index in [-0.39, 0.29) is 0 Å². The van der Waals surface area contributed by atoms with E-state index >= 15 is 0 Å². The fraction of sp³-hybridized carbons (Fsp3) is 0.200. The van der Waals surface area contributed by atoms with E-state index in [1.807, 2.05) is 0 Å². The third kappa shape index (κ3) is 3.89. The minimum Gasteiger partial charge on any atom is -0.0839 e. The van der Waals surface area contributed by atoms with Gasteiger partial charge in [0, 0.05) is 0 Å². The van der Waals surface area contributed by atoms with Gasteiger partial charge in [-0.15, -0.1) is 0 Å². The molecule has 0 aliphatic heterocycles. The van der Waals surface area contributed by atoms with E-state index in [0.717, 1.165) is 31.6 Å². The summed E-state index contributed by atoms with van der Waals surface area (Å²) in [4.78, 5) is 0. The molecule has 4 aromatic rings. The van der Waals surface area contributed by atoms with Gasteiger partial charge in [0.2, 0.25) is 0 Å². The first kappa shape index (κ1) is 23.7. The third-order valence-electron chi connectivity index (χ3n) is 9.52. The third-order valence-corrected chi connectivity index (χ3v) is 9.52. The van der Waals surface area contributed by atoms with Crippen molar-refractivity contribution in [1.29, 1.82) is 0 Å². The highest BCUT2D eigenvalue weighted by Gasteiger charge is 2.23. The molecule has 40 heavy (non-hydrogen) atoms. The fourth-order valence-electron chi connectivity index (χ4n) is 7.55. The van der Waals surface area contributed by atoms with Crippen molar-refractivity contribution >= 4 is 39.3 Å². The fourth-order valence-corrected chi connectivity index (χ4v) is 7.55. The summed E-state index contributed by atoms with van der Waals surface area (Å²) >= 11 is 0. The lowest BCUT2D eigenvalue weighted by atomic mass is 9.77. The highest BCUT2D eigenvalue weighted by molar-refractivity contribution is 6.19. The van der Waals surface area contributed by atoms with Crippen LogP contribution in [0.2, 0.25) is 0 Å². The van der Waals surface area contributed by atoms with Crippen molar-refractivity contribution < 1.29 is 0 Å². The Morgan fingerprint density at radius 3 is 2.02 bits per heavy atom. The van der Waals surface area contributed by atoms with Crippen LogP contribution in [-0.4, -0.2) is 0 Å². The molecule has 0 saturated carbocycles. The highest BCUT2D eigenvalue weighted by atomic mass is 14.3. The molecule has 8 rings (SSSR count). The summed E-state index contributed by atoms with van der Waals surface area (Å²) in [6, 6.07) is 25.1. The summed E-state index contributed by atoms with van der Waals surface area (Å²) in [6.45, 7) is 0. The van der Waals surface area contributed by atoms with Crippen molar-refractivity contribution in [2.75, 3.05) is 0 Å². The maximum Gasteiger partial charge on any atom is -0.00203 e. The minimum absolute atomic E-state index is 0.728. The molecule has 194 valence electrons. The molecule has 0 fully saturated rings. The molecule has 1 unspecified atom stereocenters. The topological polar surface area (TPSA) is 0 Å². The Morgan fingerprint density at radius 1 is 0.575 bits per heavy atom.